The summed E-state index contributed by atoms with van der Waals surface area (Å²) in [5.41, 5.74) is 1.56. The minimum absolute atomic E-state index is 0.745. The summed E-state index contributed by atoms with van der Waals surface area (Å²) >= 11 is 0. The second kappa shape index (κ2) is 8.58. The molecule has 1 aliphatic carbocycles. The van der Waals surface area contributed by atoms with Crippen LogP contribution < -0.4 is 5.32 Å². The molecule has 0 amide bonds. The fraction of sp³-hybridized carbons (Fsp3) is 0.700. The third kappa shape index (κ3) is 4.85. The van der Waals surface area contributed by atoms with E-state index >= 15 is 0 Å². The van der Waals surface area contributed by atoms with Gasteiger partial charge in [-0.3, -0.25) is 0 Å². The predicted molar refractivity (Wildman–Crippen MR) is 92.7 cm³/mol. The van der Waals surface area contributed by atoms with Crippen LogP contribution in [0, 0.1) is 11.8 Å². The van der Waals surface area contributed by atoms with Crippen LogP contribution >= 0.6 is 0 Å². The van der Waals surface area contributed by atoms with E-state index in [9.17, 15) is 0 Å². The van der Waals surface area contributed by atoms with Gasteiger partial charge in [-0.05, 0) is 55.5 Å². The van der Waals surface area contributed by atoms with Crippen molar-refractivity contribution >= 4 is 0 Å². The quantitative estimate of drug-likeness (QED) is 0.710. The van der Waals surface area contributed by atoms with Crippen LogP contribution in [0.5, 0.6) is 0 Å². The van der Waals surface area contributed by atoms with Crippen LogP contribution in [-0.2, 0) is 0 Å². The maximum absolute atomic E-state index is 3.75. The van der Waals surface area contributed by atoms with E-state index in [1.807, 2.05) is 0 Å². The van der Waals surface area contributed by atoms with E-state index in [1.165, 1.54) is 38.5 Å². The van der Waals surface area contributed by atoms with Gasteiger partial charge in [0.05, 0.1) is 0 Å². The van der Waals surface area contributed by atoms with Gasteiger partial charge in [0.25, 0.3) is 0 Å². The minimum atomic E-state index is 0.745. The van der Waals surface area contributed by atoms with Gasteiger partial charge in [0, 0.05) is 6.04 Å². The van der Waals surface area contributed by atoms with Crippen molar-refractivity contribution in [3.63, 3.8) is 0 Å². The Labute approximate surface area is 131 Å². The summed E-state index contributed by atoms with van der Waals surface area (Å²) in [6.45, 7) is 8.11. The van der Waals surface area contributed by atoms with Crippen LogP contribution in [0.15, 0.2) is 30.3 Å². The van der Waals surface area contributed by atoms with Gasteiger partial charge in [-0.1, -0.05) is 63.9 Å². The lowest BCUT2D eigenvalue weighted by atomic mass is 9.72. The highest BCUT2D eigenvalue weighted by Crippen LogP contribution is 2.39. The summed E-state index contributed by atoms with van der Waals surface area (Å²) in [4.78, 5) is 0. The molecule has 1 aromatic rings. The fourth-order valence-corrected chi connectivity index (χ4v) is 4.21. The molecular formula is C20H33N. The van der Waals surface area contributed by atoms with Gasteiger partial charge in [0.2, 0.25) is 0 Å². The van der Waals surface area contributed by atoms with Crippen molar-refractivity contribution in [1.82, 2.24) is 5.32 Å². The highest BCUT2D eigenvalue weighted by Gasteiger charge is 2.31. The summed E-state index contributed by atoms with van der Waals surface area (Å²) in [6, 6.07) is 11.9. The highest BCUT2D eigenvalue weighted by molar-refractivity contribution is 5.20. The molecule has 1 aromatic carbocycles. The molecule has 0 heterocycles. The molecule has 4 atom stereocenters. The van der Waals surface area contributed by atoms with Crippen molar-refractivity contribution in [1.29, 1.82) is 0 Å². The van der Waals surface area contributed by atoms with Crippen molar-refractivity contribution in [3.8, 4) is 0 Å². The summed E-state index contributed by atoms with van der Waals surface area (Å²) in [5.74, 6) is 2.50. The first-order valence-electron chi connectivity index (χ1n) is 9.02. The smallest absolute Gasteiger partial charge is 0.00957 e. The van der Waals surface area contributed by atoms with E-state index in [0.717, 1.165) is 30.3 Å². The van der Waals surface area contributed by atoms with Crippen LogP contribution in [-0.4, -0.2) is 12.6 Å². The molecule has 1 heteroatoms. The first-order valence-corrected chi connectivity index (χ1v) is 9.02. The molecule has 0 bridgehead atoms. The lowest BCUT2D eigenvalue weighted by Gasteiger charge is -2.38. The summed E-state index contributed by atoms with van der Waals surface area (Å²) in [6.07, 6.45) is 8.16. The van der Waals surface area contributed by atoms with Gasteiger partial charge < -0.3 is 5.32 Å². The van der Waals surface area contributed by atoms with Crippen molar-refractivity contribution in [3.05, 3.63) is 35.9 Å². The number of hydrogen-bond donors (Lipinski definition) is 1. The average Bonchev–Trinajstić information content (AvgIpc) is 2.50. The van der Waals surface area contributed by atoms with E-state index in [2.05, 4.69) is 56.4 Å². The molecule has 1 nitrogen and oxygen atoms in total. The lowest BCUT2D eigenvalue weighted by molar-refractivity contribution is 0.204. The molecule has 1 aliphatic rings. The van der Waals surface area contributed by atoms with E-state index in [1.54, 1.807) is 5.56 Å². The predicted octanol–water partition coefficient (Wildman–Crippen LogP) is 5.37. The molecule has 1 N–H and O–H groups in total. The number of rotatable bonds is 7. The topological polar surface area (TPSA) is 12.0 Å². The van der Waals surface area contributed by atoms with Crippen molar-refractivity contribution in [2.75, 3.05) is 6.54 Å². The standard InChI is InChI=1S/C20H33N/c1-4-9-16(3)14-19-15-18(12-13-20(19)21-5-2)17-10-7-6-8-11-17/h6-8,10-11,16,18-21H,4-5,9,12-15H2,1-3H3. The van der Waals surface area contributed by atoms with Crippen LogP contribution in [0.2, 0.25) is 0 Å². The summed E-state index contributed by atoms with van der Waals surface area (Å²) < 4.78 is 0. The first kappa shape index (κ1) is 16.5. The normalized spacial score (nSPS) is 27.5. The highest BCUT2D eigenvalue weighted by atomic mass is 14.9. The Kier molecular flexibility index (Phi) is 6.76. The number of nitrogens with one attached hydrogen (secondary N) is 1. The molecular weight excluding hydrogens is 254 g/mol. The Balaban J connectivity index is 2.01. The van der Waals surface area contributed by atoms with E-state index in [4.69, 9.17) is 0 Å². The van der Waals surface area contributed by atoms with Crippen LogP contribution in [0.3, 0.4) is 0 Å². The molecule has 0 radical (unpaired) electrons. The van der Waals surface area contributed by atoms with Gasteiger partial charge in [0.1, 0.15) is 0 Å². The maximum Gasteiger partial charge on any atom is 0.00957 e. The monoisotopic (exact) mass is 287 g/mol. The molecule has 118 valence electrons. The molecule has 0 spiro atoms. The van der Waals surface area contributed by atoms with Gasteiger partial charge >= 0.3 is 0 Å². The zero-order valence-electron chi connectivity index (χ0n) is 14.1. The van der Waals surface area contributed by atoms with Crippen LogP contribution in [0.25, 0.3) is 0 Å². The third-order valence-corrected chi connectivity index (χ3v) is 5.21. The molecule has 4 unspecified atom stereocenters. The fourth-order valence-electron chi connectivity index (χ4n) is 4.21. The molecule has 0 aromatic heterocycles. The number of hydrogen-bond acceptors (Lipinski definition) is 1. The van der Waals surface area contributed by atoms with Crippen molar-refractivity contribution in [2.24, 2.45) is 11.8 Å². The lowest BCUT2D eigenvalue weighted by Crippen LogP contribution is -2.40. The van der Waals surface area contributed by atoms with Gasteiger partial charge in [-0.15, -0.1) is 0 Å². The minimum Gasteiger partial charge on any atom is -0.314 e. The number of benzene rings is 1. The summed E-state index contributed by atoms with van der Waals surface area (Å²) in [7, 11) is 0. The molecule has 2 rings (SSSR count). The zero-order chi connectivity index (χ0) is 15.1. The Bertz CT molecular complexity index is 386. The molecule has 21 heavy (non-hydrogen) atoms. The molecule has 0 saturated heterocycles. The van der Waals surface area contributed by atoms with Crippen molar-refractivity contribution in [2.45, 2.75) is 71.3 Å². The first-order chi connectivity index (χ1) is 10.2. The Morgan fingerprint density at radius 3 is 2.57 bits per heavy atom. The zero-order valence-corrected chi connectivity index (χ0v) is 14.1. The Hall–Kier alpha value is -0.820. The third-order valence-electron chi connectivity index (χ3n) is 5.21. The molecule has 1 saturated carbocycles. The average molecular weight is 287 g/mol. The molecule has 1 fully saturated rings. The van der Waals surface area contributed by atoms with Gasteiger partial charge in [0.15, 0.2) is 0 Å². The van der Waals surface area contributed by atoms with E-state index in [-0.39, 0.29) is 0 Å². The van der Waals surface area contributed by atoms with Gasteiger partial charge in [-0.25, -0.2) is 0 Å². The second-order valence-corrected chi connectivity index (χ2v) is 6.97. The van der Waals surface area contributed by atoms with E-state index in [0.29, 0.717) is 0 Å². The SMILES string of the molecule is CCCC(C)CC1CC(c2ccccc2)CCC1NCC. The molecule has 0 aliphatic heterocycles. The van der Waals surface area contributed by atoms with Gasteiger partial charge in [-0.2, -0.15) is 0 Å². The Morgan fingerprint density at radius 2 is 1.90 bits per heavy atom. The van der Waals surface area contributed by atoms with E-state index < -0.39 is 0 Å². The van der Waals surface area contributed by atoms with Crippen LogP contribution in [0.4, 0.5) is 0 Å². The van der Waals surface area contributed by atoms with Crippen molar-refractivity contribution < 1.29 is 0 Å². The second-order valence-electron chi connectivity index (χ2n) is 6.97. The largest absolute Gasteiger partial charge is 0.314 e. The van der Waals surface area contributed by atoms with Crippen LogP contribution in [0.1, 0.15) is 70.8 Å². The summed E-state index contributed by atoms with van der Waals surface area (Å²) in [5, 5.41) is 3.75. The Morgan fingerprint density at radius 1 is 1.14 bits per heavy atom. The maximum atomic E-state index is 3.75.